The highest BCUT2D eigenvalue weighted by Crippen LogP contribution is 2.22. The second-order valence-corrected chi connectivity index (χ2v) is 4.21. The Balaban J connectivity index is 2.29. The summed E-state index contributed by atoms with van der Waals surface area (Å²) in [4.78, 5) is 4.25. The largest absolute Gasteiger partial charge is 0.338 e. The van der Waals surface area contributed by atoms with Gasteiger partial charge in [0.1, 0.15) is 5.82 Å². The van der Waals surface area contributed by atoms with E-state index in [1.54, 1.807) is 12.3 Å². The van der Waals surface area contributed by atoms with Crippen molar-refractivity contribution < 1.29 is 0 Å². The first-order valence-corrected chi connectivity index (χ1v) is 5.32. The van der Waals surface area contributed by atoms with Gasteiger partial charge in [-0.05, 0) is 17.7 Å². The van der Waals surface area contributed by atoms with E-state index in [-0.39, 0.29) is 0 Å². The molecule has 0 aliphatic rings. The van der Waals surface area contributed by atoms with Crippen LogP contribution in [0.5, 0.6) is 0 Å². The number of halogens is 2. The molecule has 0 unspecified atom stereocenters. The maximum atomic E-state index is 6.08. The van der Waals surface area contributed by atoms with Gasteiger partial charge in [0.2, 0.25) is 0 Å². The van der Waals surface area contributed by atoms with Crippen LogP contribution in [0.15, 0.2) is 30.6 Å². The molecule has 2 aromatic rings. The van der Waals surface area contributed by atoms with E-state index in [0.29, 0.717) is 10.0 Å². The van der Waals surface area contributed by atoms with Gasteiger partial charge in [0.05, 0.1) is 0 Å². The van der Waals surface area contributed by atoms with Gasteiger partial charge in [-0.3, -0.25) is 0 Å². The van der Waals surface area contributed by atoms with E-state index in [4.69, 9.17) is 23.2 Å². The van der Waals surface area contributed by atoms with Crippen molar-refractivity contribution in [3.63, 3.8) is 0 Å². The second-order valence-electron chi connectivity index (χ2n) is 3.37. The molecule has 1 heterocycles. The number of aryl methyl sites for hydroxylation is 1. The minimum atomic E-state index is 0.656. The van der Waals surface area contributed by atoms with E-state index >= 15 is 0 Å². The van der Waals surface area contributed by atoms with Crippen LogP contribution in [0.25, 0.3) is 0 Å². The molecule has 0 amide bonds. The highest BCUT2D eigenvalue weighted by atomic mass is 35.5. The Morgan fingerprint density at radius 1 is 1.33 bits per heavy atom. The number of imidazole rings is 1. The topological polar surface area (TPSA) is 17.8 Å². The molecular formula is C11H10Cl2N2. The summed E-state index contributed by atoms with van der Waals surface area (Å²) in [5.41, 5.74) is 1.04. The van der Waals surface area contributed by atoms with Crippen molar-refractivity contribution in [1.82, 2.24) is 9.55 Å². The van der Waals surface area contributed by atoms with Gasteiger partial charge in [0, 0.05) is 35.9 Å². The lowest BCUT2D eigenvalue weighted by atomic mass is 10.1. The van der Waals surface area contributed by atoms with Crippen molar-refractivity contribution in [2.45, 2.75) is 6.42 Å². The maximum Gasteiger partial charge on any atom is 0.112 e. The van der Waals surface area contributed by atoms with Gasteiger partial charge in [0.25, 0.3) is 0 Å². The Labute approximate surface area is 98.5 Å². The van der Waals surface area contributed by atoms with Crippen molar-refractivity contribution in [2.24, 2.45) is 7.05 Å². The predicted octanol–water partition coefficient (Wildman–Crippen LogP) is 3.32. The Kier molecular flexibility index (Phi) is 2.98. The first kappa shape index (κ1) is 10.5. The fourth-order valence-corrected chi connectivity index (χ4v) is 1.88. The number of nitrogens with zero attached hydrogens (tertiary/aromatic N) is 2. The standard InChI is InChI=1S/C11H10Cl2N2/c1-15-5-4-14-11(15)6-8-2-3-9(12)7-10(8)13/h2-5,7H,6H2,1H3. The van der Waals surface area contributed by atoms with E-state index in [2.05, 4.69) is 4.98 Å². The third-order valence-electron chi connectivity index (χ3n) is 2.28. The average molecular weight is 241 g/mol. The summed E-state index contributed by atoms with van der Waals surface area (Å²) >= 11 is 11.9. The van der Waals surface area contributed by atoms with Crippen LogP contribution < -0.4 is 0 Å². The molecule has 0 N–H and O–H groups in total. The molecule has 0 aliphatic carbocycles. The van der Waals surface area contributed by atoms with Crippen LogP contribution in [0.3, 0.4) is 0 Å². The van der Waals surface area contributed by atoms with Crippen LogP contribution in [0, 0.1) is 0 Å². The van der Waals surface area contributed by atoms with E-state index < -0.39 is 0 Å². The van der Waals surface area contributed by atoms with Crippen molar-refractivity contribution in [3.05, 3.63) is 52.0 Å². The minimum Gasteiger partial charge on any atom is -0.338 e. The summed E-state index contributed by atoms with van der Waals surface area (Å²) < 4.78 is 1.98. The van der Waals surface area contributed by atoms with Crippen molar-refractivity contribution in [2.75, 3.05) is 0 Å². The smallest absolute Gasteiger partial charge is 0.112 e. The van der Waals surface area contributed by atoms with Gasteiger partial charge in [-0.2, -0.15) is 0 Å². The van der Waals surface area contributed by atoms with Crippen LogP contribution in [-0.4, -0.2) is 9.55 Å². The first-order valence-electron chi connectivity index (χ1n) is 4.57. The summed E-state index contributed by atoms with van der Waals surface area (Å²) in [6.45, 7) is 0. The minimum absolute atomic E-state index is 0.656. The quantitative estimate of drug-likeness (QED) is 0.788. The SMILES string of the molecule is Cn1ccnc1Cc1ccc(Cl)cc1Cl. The van der Waals surface area contributed by atoms with Crippen LogP contribution in [0.1, 0.15) is 11.4 Å². The highest BCUT2D eigenvalue weighted by Gasteiger charge is 2.05. The number of rotatable bonds is 2. The van der Waals surface area contributed by atoms with Crippen LogP contribution in [0.4, 0.5) is 0 Å². The molecule has 0 fully saturated rings. The zero-order valence-corrected chi connectivity index (χ0v) is 9.76. The third kappa shape index (κ3) is 2.33. The summed E-state index contributed by atoms with van der Waals surface area (Å²) in [6.07, 6.45) is 4.41. The Bertz CT molecular complexity index is 477. The molecule has 0 radical (unpaired) electrons. The van der Waals surface area contributed by atoms with Crippen LogP contribution in [-0.2, 0) is 13.5 Å². The third-order valence-corrected chi connectivity index (χ3v) is 2.87. The lowest BCUT2D eigenvalue weighted by Crippen LogP contribution is -1.98. The van der Waals surface area contributed by atoms with Crippen LogP contribution in [0.2, 0.25) is 10.0 Å². The molecule has 15 heavy (non-hydrogen) atoms. The molecule has 0 aliphatic heterocycles. The Hall–Kier alpha value is -0.990. The molecule has 1 aromatic heterocycles. The van der Waals surface area contributed by atoms with E-state index in [1.165, 1.54) is 0 Å². The van der Waals surface area contributed by atoms with E-state index in [1.807, 2.05) is 29.9 Å². The van der Waals surface area contributed by atoms with E-state index in [9.17, 15) is 0 Å². The predicted molar refractivity (Wildman–Crippen MR) is 62.5 cm³/mol. The number of hydrogen-bond acceptors (Lipinski definition) is 1. The summed E-state index contributed by atoms with van der Waals surface area (Å²) in [5, 5.41) is 1.34. The lowest BCUT2D eigenvalue weighted by molar-refractivity contribution is 0.822. The van der Waals surface area contributed by atoms with Crippen molar-refractivity contribution in [3.8, 4) is 0 Å². The molecule has 4 heteroatoms. The van der Waals surface area contributed by atoms with Gasteiger partial charge in [-0.25, -0.2) is 4.98 Å². The van der Waals surface area contributed by atoms with Crippen molar-refractivity contribution in [1.29, 1.82) is 0 Å². The van der Waals surface area contributed by atoms with Crippen molar-refractivity contribution >= 4 is 23.2 Å². The molecule has 2 nitrogen and oxygen atoms in total. The van der Waals surface area contributed by atoms with Crippen LogP contribution >= 0.6 is 23.2 Å². The molecule has 0 atom stereocenters. The summed E-state index contributed by atoms with van der Waals surface area (Å²) in [5.74, 6) is 0.985. The fourth-order valence-electron chi connectivity index (χ4n) is 1.40. The average Bonchev–Trinajstić information content (AvgIpc) is 2.57. The maximum absolute atomic E-state index is 6.08. The lowest BCUT2D eigenvalue weighted by Gasteiger charge is -2.04. The number of benzene rings is 1. The zero-order chi connectivity index (χ0) is 10.8. The molecule has 2 rings (SSSR count). The molecular weight excluding hydrogens is 231 g/mol. The van der Waals surface area contributed by atoms with E-state index in [0.717, 1.165) is 17.8 Å². The Morgan fingerprint density at radius 2 is 2.13 bits per heavy atom. The summed E-state index contributed by atoms with van der Waals surface area (Å²) in [7, 11) is 1.96. The molecule has 78 valence electrons. The summed E-state index contributed by atoms with van der Waals surface area (Å²) in [6, 6.07) is 5.52. The Morgan fingerprint density at radius 3 is 2.73 bits per heavy atom. The normalized spacial score (nSPS) is 10.6. The molecule has 1 aromatic carbocycles. The van der Waals surface area contributed by atoms with Gasteiger partial charge in [-0.1, -0.05) is 29.3 Å². The molecule has 0 bridgehead atoms. The monoisotopic (exact) mass is 240 g/mol. The van der Waals surface area contributed by atoms with Gasteiger partial charge in [0.15, 0.2) is 0 Å². The van der Waals surface area contributed by atoms with Gasteiger partial charge >= 0.3 is 0 Å². The van der Waals surface area contributed by atoms with Gasteiger partial charge < -0.3 is 4.57 Å². The molecule has 0 saturated heterocycles. The number of hydrogen-bond donors (Lipinski definition) is 0. The molecule has 0 spiro atoms. The number of aromatic nitrogens is 2. The van der Waals surface area contributed by atoms with Gasteiger partial charge in [-0.15, -0.1) is 0 Å². The second kappa shape index (κ2) is 4.25. The zero-order valence-electron chi connectivity index (χ0n) is 8.24. The fraction of sp³-hybridized carbons (Fsp3) is 0.182. The first-order chi connectivity index (χ1) is 7.16. The molecule has 0 saturated carbocycles. The highest BCUT2D eigenvalue weighted by molar-refractivity contribution is 6.35.